The van der Waals surface area contributed by atoms with E-state index in [1.165, 1.54) is 57.1 Å². The predicted molar refractivity (Wildman–Crippen MR) is 137 cm³/mol. The Hall–Kier alpha value is -1.46. The van der Waals surface area contributed by atoms with Gasteiger partial charge in [-0.15, -0.1) is 0 Å². The van der Waals surface area contributed by atoms with Gasteiger partial charge in [0.15, 0.2) is 0 Å². The van der Waals surface area contributed by atoms with Crippen molar-refractivity contribution in [1.29, 1.82) is 0 Å². The van der Waals surface area contributed by atoms with Crippen LogP contribution in [-0.2, 0) is 11.2 Å². The number of hydrogen-bond donors (Lipinski definition) is 2. The van der Waals surface area contributed by atoms with E-state index < -0.39 is 6.17 Å². The Balaban J connectivity index is 1.28. The lowest BCUT2D eigenvalue weighted by Gasteiger charge is -2.52. The van der Waals surface area contributed by atoms with Gasteiger partial charge in [0.1, 0.15) is 6.17 Å². The molecule has 4 aliphatic rings. The van der Waals surface area contributed by atoms with Crippen LogP contribution >= 0.6 is 0 Å². The highest BCUT2D eigenvalue weighted by atomic mass is 19.1. The van der Waals surface area contributed by atoms with Crippen molar-refractivity contribution in [3.8, 4) is 0 Å². The van der Waals surface area contributed by atoms with E-state index in [0.717, 1.165) is 25.1 Å². The lowest BCUT2D eigenvalue weighted by Crippen LogP contribution is -2.62. The molecule has 2 aliphatic heterocycles. The molecule has 1 amide bonds. The number of piperidine rings is 1. The molecule has 0 aromatic heterocycles. The van der Waals surface area contributed by atoms with Crippen LogP contribution < -0.4 is 10.6 Å². The normalized spacial score (nSPS) is 37.3. The number of hydrogen-bond acceptors (Lipinski definition) is 3. The molecule has 1 aromatic carbocycles. The third kappa shape index (κ3) is 4.80. The summed E-state index contributed by atoms with van der Waals surface area (Å²) in [4.78, 5) is 15.9. The lowest BCUT2D eigenvalue weighted by molar-refractivity contribution is -0.118. The van der Waals surface area contributed by atoms with E-state index in [1.54, 1.807) is 0 Å². The van der Waals surface area contributed by atoms with Crippen LogP contribution in [0.4, 0.5) is 10.1 Å². The van der Waals surface area contributed by atoms with Crippen molar-refractivity contribution >= 4 is 11.6 Å². The van der Waals surface area contributed by atoms with Gasteiger partial charge in [-0.3, -0.25) is 10.1 Å². The van der Waals surface area contributed by atoms with Crippen LogP contribution in [0, 0.1) is 23.7 Å². The van der Waals surface area contributed by atoms with Crippen LogP contribution in [0.2, 0.25) is 0 Å². The maximum Gasteiger partial charge on any atom is 0.241 e. The summed E-state index contributed by atoms with van der Waals surface area (Å²) in [6.45, 7) is 4.64. The van der Waals surface area contributed by atoms with Gasteiger partial charge in [0, 0.05) is 23.7 Å². The van der Waals surface area contributed by atoms with E-state index in [-0.39, 0.29) is 23.4 Å². The summed E-state index contributed by atoms with van der Waals surface area (Å²) in [5, 5.41) is 7.00. The summed E-state index contributed by atoms with van der Waals surface area (Å²) in [6, 6.07) is 8.07. The topological polar surface area (TPSA) is 44.4 Å². The fourth-order valence-corrected chi connectivity index (χ4v) is 8.07. The molecule has 2 saturated carbocycles. The molecular formula is C29H44FN3O. The van der Waals surface area contributed by atoms with Crippen LogP contribution in [0.3, 0.4) is 0 Å². The number of rotatable bonds is 5. The van der Waals surface area contributed by atoms with Gasteiger partial charge in [0.2, 0.25) is 5.91 Å². The number of fused-ring (bicyclic) bond motifs is 1. The second kappa shape index (κ2) is 10.3. The van der Waals surface area contributed by atoms with E-state index in [4.69, 9.17) is 0 Å². The highest BCUT2D eigenvalue weighted by Gasteiger charge is 2.60. The molecule has 4 fully saturated rings. The second-order valence-corrected chi connectivity index (χ2v) is 12.0. The van der Waals surface area contributed by atoms with E-state index in [0.29, 0.717) is 30.6 Å². The second-order valence-electron chi connectivity index (χ2n) is 12.0. The van der Waals surface area contributed by atoms with Crippen molar-refractivity contribution in [3.63, 3.8) is 0 Å². The molecule has 2 saturated heterocycles. The number of likely N-dealkylation sites (tertiary alicyclic amines) is 1. The summed E-state index contributed by atoms with van der Waals surface area (Å²) in [6.07, 6.45) is 11.1. The summed E-state index contributed by atoms with van der Waals surface area (Å²) < 4.78 is 15.3. The first-order chi connectivity index (χ1) is 16.5. The van der Waals surface area contributed by atoms with Gasteiger partial charge in [0.05, 0.1) is 6.04 Å². The van der Waals surface area contributed by atoms with Gasteiger partial charge in [0.25, 0.3) is 0 Å². The number of carbonyl (C=O) groups is 1. The average molecular weight is 470 g/mol. The van der Waals surface area contributed by atoms with E-state index in [2.05, 4.69) is 47.7 Å². The molecule has 2 N–H and O–H groups in total. The van der Waals surface area contributed by atoms with Crippen LogP contribution in [0.15, 0.2) is 24.3 Å². The van der Waals surface area contributed by atoms with Gasteiger partial charge in [-0.05, 0) is 100 Å². The molecule has 4 nitrogen and oxygen atoms in total. The van der Waals surface area contributed by atoms with Gasteiger partial charge < -0.3 is 10.2 Å². The third-order valence-electron chi connectivity index (χ3n) is 9.69. The zero-order valence-corrected chi connectivity index (χ0v) is 21.2. The molecule has 0 spiro atoms. The van der Waals surface area contributed by atoms with Crippen molar-refractivity contribution < 1.29 is 9.18 Å². The lowest BCUT2D eigenvalue weighted by atomic mass is 9.58. The van der Waals surface area contributed by atoms with Crippen molar-refractivity contribution in [2.45, 2.75) is 95.3 Å². The summed E-state index contributed by atoms with van der Waals surface area (Å²) in [5.41, 5.74) is 1.96. The van der Waals surface area contributed by atoms with E-state index in [9.17, 15) is 4.79 Å². The maximum absolute atomic E-state index is 15.3. The molecule has 1 aromatic rings. The zero-order chi connectivity index (χ0) is 23.7. The number of amides is 1. The maximum atomic E-state index is 15.3. The number of nitrogens with zero attached hydrogens (tertiary/aromatic N) is 1. The number of carbonyl (C=O) groups excluding carboxylic acids is 1. The van der Waals surface area contributed by atoms with E-state index in [1.807, 2.05) is 6.07 Å². The van der Waals surface area contributed by atoms with Gasteiger partial charge in [-0.1, -0.05) is 38.3 Å². The standard InChI is InChI=1S/C29H44FN3O/c1-20-13-14-26(30)25-18-27(32-29(20,25)23-10-4-3-5-11-23)28(34)31-24-12-6-8-21(17-24)16-22-9-7-15-33(2)19-22/h6,8,12,17,20,22-23,25-27,32H,3-5,7,9-11,13-16,18-19H2,1-2H3,(H,31,34). The number of benzene rings is 1. The number of nitrogens with one attached hydrogen (secondary N) is 2. The Bertz CT molecular complexity index is 856. The number of anilines is 1. The molecule has 6 unspecified atom stereocenters. The van der Waals surface area contributed by atoms with Crippen molar-refractivity contribution in [2.24, 2.45) is 23.7 Å². The average Bonchev–Trinajstić information content (AvgIpc) is 3.26. The Morgan fingerprint density at radius 3 is 2.76 bits per heavy atom. The Morgan fingerprint density at radius 1 is 1.15 bits per heavy atom. The molecule has 188 valence electrons. The first kappa shape index (κ1) is 24.2. The minimum atomic E-state index is -0.791. The number of alkyl halides is 1. The van der Waals surface area contributed by atoms with Crippen LogP contribution in [0.5, 0.6) is 0 Å². The van der Waals surface area contributed by atoms with Crippen molar-refractivity contribution in [3.05, 3.63) is 29.8 Å². The third-order valence-corrected chi connectivity index (χ3v) is 9.69. The van der Waals surface area contributed by atoms with Crippen LogP contribution in [0.1, 0.15) is 76.7 Å². The summed E-state index contributed by atoms with van der Waals surface area (Å²) >= 11 is 0. The molecule has 5 rings (SSSR count). The predicted octanol–water partition coefficient (Wildman–Crippen LogP) is 5.57. The molecule has 6 atom stereocenters. The van der Waals surface area contributed by atoms with Crippen LogP contribution in [0.25, 0.3) is 0 Å². The van der Waals surface area contributed by atoms with Crippen molar-refractivity contribution in [1.82, 2.24) is 10.2 Å². The Morgan fingerprint density at radius 2 is 1.97 bits per heavy atom. The Labute approximate surface area is 205 Å². The zero-order valence-electron chi connectivity index (χ0n) is 21.2. The molecule has 0 radical (unpaired) electrons. The molecule has 34 heavy (non-hydrogen) atoms. The summed E-state index contributed by atoms with van der Waals surface area (Å²) in [7, 11) is 2.21. The molecular weight excluding hydrogens is 425 g/mol. The monoisotopic (exact) mass is 469 g/mol. The summed E-state index contributed by atoms with van der Waals surface area (Å²) in [5.74, 6) is 1.57. The first-order valence-corrected chi connectivity index (χ1v) is 14.0. The first-order valence-electron chi connectivity index (χ1n) is 14.0. The smallest absolute Gasteiger partial charge is 0.241 e. The molecule has 0 bridgehead atoms. The quantitative estimate of drug-likeness (QED) is 0.592. The molecule has 2 heterocycles. The fraction of sp³-hybridized carbons (Fsp3) is 0.759. The molecule has 2 aliphatic carbocycles. The number of halogens is 1. The van der Waals surface area contributed by atoms with Crippen LogP contribution in [-0.4, -0.2) is 48.7 Å². The Kier molecular flexibility index (Phi) is 7.32. The van der Waals surface area contributed by atoms with Gasteiger partial charge in [-0.25, -0.2) is 4.39 Å². The minimum absolute atomic E-state index is 0.0125. The van der Waals surface area contributed by atoms with E-state index >= 15 is 4.39 Å². The minimum Gasteiger partial charge on any atom is -0.325 e. The fourth-order valence-electron chi connectivity index (χ4n) is 8.07. The van der Waals surface area contributed by atoms with Gasteiger partial charge in [-0.2, -0.15) is 0 Å². The largest absolute Gasteiger partial charge is 0.325 e. The highest BCUT2D eigenvalue weighted by Crippen LogP contribution is 2.53. The highest BCUT2D eigenvalue weighted by molar-refractivity contribution is 5.95. The SMILES string of the molecule is CC1CCC(F)C2CC(C(=O)Nc3cccc(CC4CCCN(C)C4)c3)NC12C1CCCCC1. The van der Waals surface area contributed by atoms with Crippen molar-refractivity contribution in [2.75, 3.05) is 25.5 Å². The molecule has 5 heteroatoms. The van der Waals surface area contributed by atoms with Gasteiger partial charge >= 0.3 is 0 Å².